The van der Waals surface area contributed by atoms with E-state index in [1.54, 1.807) is 25.1 Å². The van der Waals surface area contributed by atoms with E-state index in [0.717, 1.165) is 17.8 Å². The molecule has 2 atom stereocenters. The number of ether oxygens (including phenoxy) is 2. The number of benzene rings is 2. The molecule has 0 saturated carbocycles. The minimum absolute atomic E-state index is 0.120. The van der Waals surface area contributed by atoms with Crippen molar-refractivity contribution in [2.45, 2.75) is 38.6 Å². The summed E-state index contributed by atoms with van der Waals surface area (Å²) in [5.74, 6) is -1.07. The molecule has 0 unspecified atom stereocenters. The van der Waals surface area contributed by atoms with Crippen molar-refractivity contribution in [1.82, 2.24) is 8.87 Å². The fourth-order valence-corrected chi connectivity index (χ4v) is 7.47. The van der Waals surface area contributed by atoms with Gasteiger partial charge in [-0.15, -0.1) is 0 Å². The van der Waals surface area contributed by atoms with Crippen LogP contribution in [0.5, 0.6) is 0 Å². The lowest BCUT2D eigenvalue weighted by Crippen LogP contribution is -2.42. The van der Waals surface area contributed by atoms with Crippen molar-refractivity contribution in [2.75, 3.05) is 26.8 Å². The lowest BCUT2D eigenvalue weighted by atomic mass is 9.94. The van der Waals surface area contributed by atoms with Gasteiger partial charge in [0.05, 0.1) is 34.4 Å². The molecule has 0 N–H and O–H groups in total. The van der Waals surface area contributed by atoms with E-state index in [1.807, 2.05) is 13.8 Å². The number of nitrogens with zero attached hydrogens (tertiary/aromatic N) is 3. The van der Waals surface area contributed by atoms with Gasteiger partial charge in [-0.25, -0.2) is 13.2 Å². The minimum atomic E-state index is -3.68. The third-order valence-corrected chi connectivity index (χ3v) is 9.37. The molecule has 2 aromatic carbocycles. The lowest BCUT2D eigenvalue weighted by molar-refractivity contribution is -0.141. The van der Waals surface area contributed by atoms with Crippen LogP contribution in [0.15, 0.2) is 52.4 Å². The van der Waals surface area contributed by atoms with Crippen LogP contribution in [0.4, 0.5) is 0 Å². The molecule has 1 aliphatic heterocycles. The zero-order chi connectivity index (χ0) is 28.3. The molecule has 0 radical (unpaired) electrons. The number of methoxy groups -OCH3 is 1. The monoisotopic (exact) mass is 573 g/mol. The zero-order valence-corrected chi connectivity index (χ0v) is 23.9. The van der Waals surface area contributed by atoms with Crippen LogP contribution in [0.25, 0.3) is 10.2 Å². The van der Waals surface area contributed by atoms with Crippen LogP contribution in [0.1, 0.15) is 47.9 Å². The standard InChI is InChI=1S/C27H31N3O7S2/c1-5-37-26(33)20-8-11-22-23(13-20)38-27(30(22)16-24(31)36-4)28-25(32)19-6-9-21(10-7-19)39(34,35)29-14-17(2)12-18(3)15-29/h6-11,13,17-18H,5,12,14-16H2,1-4H3/t17-,18-/m1/s1. The van der Waals surface area contributed by atoms with Gasteiger partial charge in [0.15, 0.2) is 4.80 Å². The second-order valence-corrected chi connectivity index (χ2v) is 12.6. The van der Waals surface area contributed by atoms with E-state index in [4.69, 9.17) is 9.47 Å². The summed E-state index contributed by atoms with van der Waals surface area (Å²) in [6.45, 7) is 6.77. The Morgan fingerprint density at radius 1 is 1.03 bits per heavy atom. The van der Waals surface area contributed by atoms with Gasteiger partial charge in [-0.05, 0) is 67.6 Å². The first kappa shape index (κ1) is 28.7. The third kappa shape index (κ3) is 6.29. The molecule has 1 fully saturated rings. The van der Waals surface area contributed by atoms with Crippen LogP contribution < -0.4 is 4.80 Å². The Balaban J connectivity index is 1.67. The van der Waals surface area contributed by atoms with Gasteiger partial charge in [-0.3, -0.25) is 9.59 Å². The van der Waals surface area contributed by atoms with Crippen LogP contribution in [-0.2, 0) is 30.8 Å². The number of sulfonamides is 1. The summed E-state index contributed by atoms with van der Waals surface area (Å²) in [6, 6.07) is 10.6. The Morgan fingerprint density at radius 3 is 2.28 bits per heavy atom. The Morgan fingerprint density at radius 2 is 1.67 bits per heavy atom. The van der Waals surface area contributed by atoms with E-state index in [1.165, 1.54) is 40.2 Å². The number of hydrogen-bond donors (Lipinski definition) is 0. The molecule has 0 bridgehead atoms. The summed E-state index contributed by atoms with van der Waals surface area (Å²) in [5.41, 5.74) is 1.13. The van der Waals surface area contributed by atoms with Crippen molar-refractivity contribution in [3.8, 4) is 0 Å². The van der Waals surface area contributed by atoms with Crippen molar-refractivity contribution in [3.63, 3.8) is 0 Å². The molecule has 3 aromatic rings. The van der Waals surface area contributed by atoms with Crippen molar-refractivity contribution in [1.29, 1.82) is 0 Å². The van der Waals surface area contributed by atoms with Crippen LogP contribution in [0.3, 0.4) is 0 Å². The first-order chi connectivity index (χ1) is 18.5. The summed E-state index contributed by atoms with van der Waals surface area (Å²) in [4.78, 5) is 41.9. The quantitative estimate of drug-likeness (QED) is 0.397. The van der Waals surface area contributed by atoms with E-state index < -0.39 is 27.9 Å². The second kappa shape index (κ2) is 11.8. The number of carbonyl (C=O) groups excluding carboxylic acids is 3. The number of aromatic nitrogens is 1. The summed E-state index contributed by atoms with van der Waals surface area (Å²) in [7, 11) is -2.42. The number of hydrogen-bond acceptors (Lipinski definition) is 8. The molecule has 4 rings (SSSR count). The maximum absolute atomic E-state index is 13.2. The fourth-order valence-electron chi connectivity index (χ4n) is 4.72. The Kier molecular flexibility index (Phi) is 8.67. The highest BCUT2D eigenvalue weighted by Gasteiger charge is 2.31. The first-order valence-corrected chi connectivity index (χ1v) is 14.9. The van der Waals surface area contributed by atoms with Crippen molar-refractivity contribution in [3.05, 3.63) is 58.4 Å². The molecule has 1 aliphatic rings. The molecule has 12 heteroatoms. The van der Waals surface area contributed by atoms with Crippen LogP contribution in [0, 0.1) is 11.8 Å². The zero-order valence-electron chi connectivity index (χ0n) is 22.2. The number of rotatable bonds is 7. The highest BCUT2D eigenvalue weighted by molar-refractivity contribution is 7.89. The van der Waals surface area contributed by atoms with E-state index >= 15 is 0 Å². The SMILES string of the molecule is CCOC(=O)c1ccc2c(c1)sc(=NC(=O)c1ccc(S(=O)(=O)N3C[C@H](C)C[C@@H](C)C3)cc1)n2CC(=O)OC. The van der Waals surface area contributed by atoms with Crippen LogP contribution in [0.2, 0.25) is 0 Å². The summed E-state index contributed by atoms with van der Waals surface area (Å²) < 4.78 is 39.9. The first-order valence-electron chi connectivity index (χ1n) is 12.6. The average molecular weight is 574 g/mol. The van der Waals surface area contributed by atoms with Gasteiger partial charge in [0.1, 0.15) is 6.54 Å². The summed E-state index contributed by atoms with van der Waals surface area (Å²) in [6.07, 6.45) is 0.985. The number of carbonyl (C=O) groups is 3. The van der Waals surface area contributed by atoms with Gasteiger partial charge >= 0.3 is 11.9 Å². The molecule has 208 valence electrons. The largest absolute Gasteiger partial charge is 0.468 e. The molecule has 1 amide bonds. The van der Waals surface area contributed by atoms with E-state index in [0.29, 0.717) is 28.9 Å². The number of thiazole rings is 1. The molecule has 10 nitrogen and oxygen atoms in total. The van der Waals surface area contributed by atoms with Gasteiger partial charge in [-0.1, -0.05) is 25.2 Å². The molecule has 2 heterocycles. The molecule has 0 aliphatic carbocycles. The van der Waals surface area contributed by atoms with Crippen LogP contribution >= 0.6 is 11.3 Å². The second-order valence-electron chi connectivity index (χ2n) is 9.66. The lowest BCUT2D eigenvalue weighted by Gasteiger charge is -2.34. The molecular formula is C27H31N3O7S2. The van der Waals surface area contributed by atoms with E-state index in [-0.39, 0.29) is 40.2 Å². The highest BCUT2D eigenvalue weighted by atomic mass is 32.2. The maximum Gasteiger partial charge on any atom is 0.338 e. The third-order valence-electron chi connectivity index (χ3n) is 6.48. The van der Waals surface area contributed by atoms with E-state index in [2.05, 4.69) is 4.99 Å². The van der Waals surface area contributed by atoms with Gasteiger partial charge in [0, 0.05) is 18.7 Å². The number of esters is 2. The fraction of sp³-hybridized carbons (Fsp3) is 0.407. The Labute approximate surface area is 230 Å². The molecule has 0 spiro atoms. The van der Waals surface area contributed by atoms with Gasteiger partial charge in [-0.2, -0.15) is 9.30 Å². The van der Waals surface area contributed by atoms with Gasteiger partial charge in [0.2, 0.25) is 10.0 Å². The van der Waals surface area contributed by atoms with Gasteiger partial charge < -0.3 is 14.0 Å². The van der Waals surface area contributed by atoms with Crippen molar-refractivity contribution < 1.29 is 32.3 Å². The summed E-state index contributed by atoms with van der Waals surface area (Å²) in [5, 5.41) is 0. The minimum Gasteiger partial charge on any atom is -0.468 e. The average Bonchev–Trinajstić information content (AvgIpc) is 3.23. The molecule has 39 heavy (non-hydrogen) atoms. The van der Waals surface area contributed by atoms with E-state index in [9.17, 15) is 22.8 Å². The number of piperidine rings is 1. The van der Waals surface area contributed by atoms with Crippen LogP contribution in [-0.4, -0.2) is 61.9 Å². The topological polar surface area (TPSA) is 124 Å². The Bertz CT molecular complexity index is 1560. The number of amides is 1. The predicted octanol–water partition coefficient (Wildman–Crippen LogP) is 3.46. The van der Waals surface area contributed by atoms with Gasteiger partial charge in [0.25, 0.3) is 5.91 Å². The maximum atomic E-state index is 13.2. The van der Waals surface area contributed by atoms with Crippen molar-refractivity contribution in [2.24, 2.45) is 16.8 Å². The number of fused-ring (bicyclic) bond motifs is 1. The Hall–Kier alpha value is -3.35. The molecule has 1 saturated heterocycles. The highest BCUT2D eigenvalue weighted by Crippen LogP contribution is 2.27. The molecule has 1 aromatic heterocycles. The smallest absolute Gasteiger partial charge is 0.338 e. The normalized spacial score (nSPS) is 18.7. The molecular weight excluding hydrogens is 542 g/mol. The van der Waals surface area contributed by atoms with Crippen molar-refractivity contribution >= 4 is 49.4 Å². The predicted molar refractivity (Wildman–Crippen MR) is 146 cm³/mol. The summed E-state index contributed by atoms with van der Waals surface area (Å²) >= 11 is 1.13.